The van der Waals surface area contributed by atoms with Crippen LogP contribution in [0.15, 0.2) is 12.5 Å². The van der Waals surface area contributed by atoms with E-state index in [0.29, 0.717) is 6.04 Å². The minimum absolute atomic E-state index is 0.476. The molecule has 1 N–H and O–H groups in total. The number of nitrogens with zero attached hydrogens (tertiary/aromatic N) is 3. The van der Waals surface area contributed by atoms with Crippen LogP contribution in [0.4, 0.5) is 5.82 Å². The molecule has 0 aliphatic rings. The van der Waals surface area contributed by atoms with E-state index in [-0.39, 0.29) is 0 Å². The molecule has 1 aromatic rings. The van der Waals surface area contributed by atoms with E-state index in [4.69, 9.17) is 0 Å². The predicted octanol–water partition coefficient (Wildman–Crippen LogP) is 2.21. The maximum atomic E-state index is 4.42. The van der Waals surface area contributed by atoms with Crippen molar-refractivity contribution in [1.29, 1.82) is 0 Å². The van der Waals surface area contributed by atoms with Crippen LogP contribution in [-0.4, -0.2) is 29.1 Å². The molecule has 0 aliphatic heterocycles. The third-order valence-corrected chi connectivity index (χ3v) is 2.64. The summed E-state index contributed by atoms with van der Waals surface area (Å²) in [7, 11) is 0. The first kappa shape index (κ1) is 13.9. The van der Waals surface area contributed by atoms with E-state index in [1.165, 1.54) is 5.56 Å². The molecule has 0 saturated carbocycles. The van der Waals surface area contributed by atoms with Gasteiger partial charge in [0.2, 0.25) is 0 Å². The molecule has 0 aliphatic carbocycles. The Morgan fingerprint density at radius 1 is 1.35 bits per heavy atom. The molecular weight excluding hydrogens is 212 g/mol. The van der Waals surface area contributed by atoms with E-state index in [2.05, 4.69) is 47.9 Å². The SMILES string of the molecule is CCCN(CC)c1ncncc1CNC(C)C. The first-order valence-electron chi connectivity index (χ1n) is 6.46. The van der Waals surface area contributed by atoms with Gasteiger partial charge in [0, 0.05) is 37.4 Å². The van der Waals surface area contributed by atoms with Crippen molar-refractivity contribution in [3.8, 4) is 0 Å². The maximum Gasteiger partial charge on any atom is 0.136 e. The summed E-state index contributed by atoms with van der Waals surface area (Å²) in [5, 5.41) is 3.42. The van der Waals surface area contributed by atoms with E-state index < -0.39 is 0 Å². The van der Waals surface area contributed by atoms with Gasteiger partial charge >= 0.3 is 0 Å². The van der Waals surface area contributed by atoms with Gasteiger partial charge in [-0.3, -0.25) is 0 Å². The van der Waals surface area contributed by atoms with Crippen LogP contribution in [0, 0.1) is 0 Å². The largest absolute Gasteiger partial charge is 0.357 e. The van der Waals surface area contributed by atoms with E-state index in [0.717, 1.165) is 31.9 Å². The van der Waals surface area contributed by atoms with Crippen LogP contribution < -0.4 is 10.2 Å². The lowest BCUT2D eigenvalue weighted by molar-refractivity contribution is 0.585. The molecule has 0 unspecified atom stereocenters. The Kier molecular flexibility index (Phi) is 5.91. The topological polar surface area (TPSA) is 41.1 Å². The fourth-order valence-corrected chi connectivity index (χ4v) is 1.76. The van der Waals surface area contributed by atoms with Gasteiger partial charge in [-0.25, -0.2) is 9.97 Å². The van der Waals surface area contributed by atoms with E-state index in [1.807, 2.05) is 6.20 Å². The number of anilines is 1. The van der Waals surface area contributed by atoms with Crippen molar-refractivity contribution in [1.82, 2.24) is 15.3 Å². The van der Waals surface area contributed by atoms with E-state index in [1.54, 1.807) is 6.33 Å². The zero-order valence-electron chi connectivity index (χ0n) is 11.4. The summed E-state index contributed by atoms with van der Waals surface area (Å²) in [6.45, 7) is 11.5. The lowest BCUT2D eigenvalue weighted by Crippen LogP contribution is -2.28. The quantitative estimate of drug-likeness (QED) is 0.788. The van der Waals surface area contributed by atoms with Crippen LogP contribution >= 0.6 is 0 Å². The van der Waals surface area contributed by atoms with Crippen molar-refractivity contribution in [2.24, 2.45) is 0 Å². The third-order valence-electron chi connectivity index (χ3n) is 2.64. The number of hydrogen-bond acceptors (Lipinski definition) is 4. The molecule has 17 heavy (non-hydrogen) atoms. The lowest BCUT2D eigenvalue weighted by Gasteiger charge is -2.23. The number of rotatable bonds is 7. The molecule has 0 atom stereocenters. The van der Waals surface area contributed by atoms with Crippen molar-refractivity contribution >= 4 is 5.82 Å². The number of aromatic nitrogens is 2. The summed E-state index contributed by atoms with van der Waals surface area (Å²) >= 11 is 0. The van der Waals surface area contributed by atoms with Gasteiger partial charge in [-0.05, 0) is 13.3 Å². The minimum Gasteiger partial charge on any atom is -0.357 e. The molecular formula is C13H24N4. The molecule has 0 bridgehead atoms. The molecule has 0 amide bonds. The molecule has 1 aromatic heterocycles. The smallest absolute Gasteiger partial charge is 0.136 e. The van der Waals surface area contributed by atoms with Crippen molar-refractivity contribution < 1.29 is 0 Å². The maximum absolute atomic E-state index is 4.42. The van der Waals surface area contributed by atoms with Gasteiger partial charge in [-0.2, -0.15) is 0 Å². The van der Waals surface area contributed by atoms with E-state index >= 15 is 0 Å². The van der Waals surface area contributed by atoms with Crippen LogP contribution in [0.2, 0.25) is 0 Å². The Labute approximate surface area is 104 Å². The second-order valence-electron chi connectivity index (χ2n) is 4.49. The fraction of sp³-hybridized carbons (Fsp3) is 0.692. The molecule has 0 radical (unpaired) electrons. The van der Waals surface area contributed by atoms with Crippen molar-refractivity contribution in [2.45, 2.75) is 46.7 Å². The highest BCUT2D eigenvalue weighted by Gasteiger charge is 2.10. The summed E-state index contributed by atoms with van der Waals surface area (Å²) < 4.78 is 0. The van der Waals surface area contributed by atoms with Crippen LogP contribution in [0.25, 0.3) is 0 Å². The van der Waals surface area contributed by atoms with Crippen molar-refractivity contribution in [3.05, 3.63) is 18.1 Å². The highest BCUT2D eigenvalue weighted by molar-refractivity contribution is 5.45. The average molecular weight is 236 g/mol. The van der Waals surface area contributed by atoms with Gasteiger partial charge < -0.3 is 10.2 Å². The highest BCUT2D eigenvalue weighted by atomic mass is 15.2. The zero-order chi connectivity index (χ0) is 12.7. The Morgan fingerprint density at radius 2 is 2.12 bits per heavy atom. The van der Waals surface area contributed by atoms with Gasteiger partial charge in [0.1, 0.15) is 12.1 Å². The van der Waals surface area contributed by atoms with Crippen LogP contribution in [0.1, 0.15) is 39.7 Å². The molecule has 0 saturated heterocycles. The van der Waals surface area contributed by atoms with Crippen LogP contribution in [0.5, 0.6) is 0 Å². The normalized spacial score (nSPS) is 10.9. The molecule has 0 spiro atoms. The molecule has 1 rings (SSSR count). The second kappa shape index (κ2) is 7.22. The summed E-state index contributed by atoms with van der Waals surface area (Å²) in [5.41, 5.74) is 1.18. The van der Waals surface area contributed by atoms with Gasteiger partial charge in [-0.15, -0.1) is 0 Å². The van der Waals surface area contributed by atoms with E-state index in [9.17, 15) is 0 Å². The average Bonchev–Trinajstić information content (AvgIpc) is 2.34. The molecule has 0 aromatic carbocycles. The first-order chi connectivity index (χ1) is 8.19. The minimum atomic E-state index is 0.476. The number of nitrogens with one attached hydrogen (secondary N) is 1. The van der Waals surface area contributed by atoms with Crippen molar-refractivity contribution in [2.75, 3.05) is 18.0 Å². The Morgan fingerprint density at radius 3 is 2.71 bits per heavy atom. The second-order valence-corrected chi connectivity index (χ2v) is 4.49. The monoisotopic (exact) mass is 236 g/mol. The van der Waals surface area contributed by atoms with Gasteiger partial charge in [-0.1, -0.05) is 20.8 Å². The molecule has 4 nitrogen and oxygen atoms in total. The third kappa shape index (κ3) is 4.30. The standard InChI is InChI=1S/C13H24N4/c1-5-7-17(6-2)13-12(8-14-10-16-13)9-15-11(3)4/h8,10-11,15H,5-7,9H2,1-4H3. The summed E-state index contributed by atoms with van der Waals surface area (Å²) in [6, 6.07) is 0.476. The summed E-state index contributed by atoms with van der Waals surface area (Å²) in [5.74, 6) is 1.07. The summed E-state index contributed by atoms with van der Waals surface area (Å²) in [6.07, 6.45) is 4.68. The zero-order valence-corrected chi connectivity index (χ0v) is 11.4. The molecule has 0 fully saturated rings. The fourth-order valence-electron chi connectivity index (χ4n) is 1.76. The Balaban J connectivity index is 2.81. The van der Waals surface area contributed by atoms with Crippen LogP contribution in [0.3, 0.4) is 0 Å². The first-order valence-corrected chi connectivity index (χ1v) is 6.46. The number of hydrogen-bond donors (Lipinski definition) is 1. The van der Waals surface area contributed by atoms with Crippen molar-refractivity contribution in [3.63, 3.8) is 0 Å². The predicted molar refractivity (Wildman–Crippen MR) is 72.2 cm³/mol. The Hall–Kier alpha value is -1.16. The van der Waals surface area contributed by atoms with Gasteiger partial charge in [0.05, 0.1) is 0 Å². The van der Waals surface area contributed by atoms with Gasteiger partial charge in [0.25, 0.3) is 0 Å². The molecule has 1 heterocycles. The summed E-state index contributed by atoms with van der Waals surface area (Å²) in [4.78, 5) is 10.8. The van der Waals surface area contributed by atoms with Crippen LogP contribution in [-0.2, 0) is 6.54 Å². The Bertz CT molecular complexity index is 325. The molecule has 4 heteroatoms. The van der Waals surface area contributed by atoms with Gasteiger partial charge in [0.15, 0.2) is 0 Å². The molecule has 96 valence electrons. The highest BCUT2D eigenvalue weighted by Crippen LogP contribution is 2.16. The lowest BCUT2D eigenvalue weighted by atomic mass is 10.2.